The van der Waals surface area contributed by atoms with Gasteiger partial charge in [0.1, 0.15) is 18.0 Å². The molecule has 7 nitrogen and oxygen atoms in total. The molecule has 220 valence electrons. The molecule has 0 radical (unpaired) electrons. The van der Waals surface area contributed by atoms with E-state index in [0.29, 0.717) is 16.9 Å². The second kappa shape index (κ2) is 14.0. The van der Waals surface area contributed by atoms with Crippen LogP contribution in [-0.2, 0) is 40.4 Å². The van der Waals surface area contributed by atoms with E-state index in [4.69, 9.17) is 14.2 Å². The average Bonchev–Trinajstić information content (AvgIpc) is 2.90. The molecule has 0 spiro atoms. The summed E-state index contributed by atoms with van der Waals surface area (Å²) in [6.07, 6.45) is -4.82. The first-order valence-electron chi connectivity index (χ1n) is 13.1. The maximum atomic E-state index is 12.8. The number of rotatable bonds is 11. The predicted molar refractivity (Wildman–Crippen MR) is 149 cm³/mol. The van der Waals surface area contributed by atoms with E-state index in [1.807, 2.05) is 36.4 Å². The first-order valence-corrected chi connectivity index (χ1v) is 13.1. The van der Waals surface area contributed by atoms with Gasteiger partial charge in [-0.25, -0.2) is 4.79 Å². The molecule has 3 aromatic carbocycles. The molecule has 0 aliphatic rings. The number of amides is 1. The van der Waals surface area contributed by atoms with Gasteiger partial charge < -0.3 is 24.8 Å². The fraction of sp³-hybridized carbons (Fsp3) is 0.355. The minimum absolute atomic E-state index is 0.000826. The maximum absolute atomic E-state index is 12.8. The van der Waals surface area contributed by atoms with Crippen LogP contribution in [0.5, 0.6) is 5.75 Å². The first kappa shape index (κ1) is 31.5. The Labute approximate surface area is 238 Å². The van der Waals surface area contributed by atoms with Crippen molar-refractivity contribution in [2.45, 2.75) is 58.7 Å². The summed E-state index contributed by atoms with van der Waals surface area (Å²) in [5, 5.41) is 5.17. The summed E-state index contributed by atoms with van der Waals surface area (Å²) >= 11 is 0. The van der Waals surface area contributed by atoms with E-state index >= 15 is 0 Å². The normalized spacial score (nSPS) is 11.6. The lowest BCUT2D eigenvalue weighted by Gasteiger charge is -2.19. The Bertz CT molecular complexity index is 1340. The fourth-order valence-electron chi connectivity index (χ4n) is 3.99. The van der Waals surface area contributed by atoms with Gasteiger partial charge in [0.15, 0.2) is 0 Å². The summed E-state index contributed by atoms with van der Waals surface area (Å²) in [5.41, 5.74) is 3.83. The van der Waals surface area contributed by atoms with Crippen LogP contribution in [0.4, 0.5) is 18.0 Å². The number of esters is 1. The maximum Gasteiger partial charge on any atom is 0.407 e. The Morgan fingerprint density at radius 1 is 0.829 bits per heavy atom. The highest BCUT2D eigenvalue weighted by Gasteiger charge is 2.26. The highest BCUT2D eigenvalue weighted by Crippen LogP contribution is 2.26. The fourth-order valence-corrected chi connectivity index (χ4v) is 3.99. The van der Waals surface area contributed by atoms with Crippen LogP contribution in [0.25, 0.3) is 11.1 Å². The van der Waals surface area contributed by atoms with Crippen molar-refractivity contribution in [2.24, 2.45) is 0 Å². The lowest BCUT2D eigenvalue weighted by molar-refractivity contribution is -0.139. The molecule has 0 unspecified atom stereocenters. The topological polar surface area (TPSA) is 85.9 Å². The van der Waals surface area contributed by atoms with Crippen molar-refractivity contribution in [1.82, 2.24) is 10.6 Å². The number of hydrogen-bond acceptors (Lipinski definition) is 6. The number of alkyl carbamates (subject to hydrolysis) is 1. The molecule has 0 aliphatic carbocycles. The monoisotopic (exact) mass is 572 g/mol. The van der Waals surface area contributed by atoms with Crippen molar-refractivity contribution >= 4 is 12.1 Å². The molecule has 1 amide bonds. The molecule has 0 bridgehead atoms. The summed E-state index contributed by atoms with van der Waals surface area (Å²) in [7, 11) is 1.31. The van der Waals surface area contributed by atoms with Crippen LogP contribution in [0.15, 0.2) is 66.7 Å². The van der Waals surface area contributed by atoms with Crippen molar-refractivity contribution in [3.8, 4) is 16.9 Å². The number of para-hydroxylation sites is 1. The van der Waals surface area contributed by atoms with Crippen LogP contribution >= 0.6 is 0 Å². The number of alkyl halides is 3. The molecule has 3 rings (SSSR count). The van der Waals surface area contributed by atoms with Crippen molar-refractivity contribution in [3.05, 3.63) is 89.0 Å². The van der Waals surface area contributed by atoms with Crippen LogP contribution in [0.3, 0.4) is 0 Å². The van der Waals surface area contributed by atoms with E-state index in [9.17, 15) is 22.8 Å². The summed E-state index contributed by atoms with van der Waals surface area (Å²) in [6, 6.07) is 20.1. The van der Waals surface area contributed by atoms with Crippen molar-refractivity contribution in [1.29, 1.82) is 0 Å². The number of ether oxygens (including phenoxy) is 3. The molecular weight excluding hydrogens is 537 g/mol. The summed E-state index contributed by atoms with van der Waals surface area (Å²) < 4.78 is 54.3. The zero-order chi connectivity index (χ0) is 30.0. The third-order valence-electron chi connectivity index (χ3n) is 5.73. The summed E-state index contributed by atoms with van der Waals surface area (Å²) in [4.78, 5) is 23.9. The number of nitrogens with one attached hydrogen (secondary N) is 2. The zero-order valence-corrected chi connectivity index (χ0v) is 23.6. The Morgan fingerprint density at radius 2 is 1.54 bits per heavy atom. The first-order chi connectivity index (χ1) is 19.3. The van der Waals surface area contributed by atoms with Gasteiger partial charge in [-0.05, 0) is 72.9 Å². The van der Waals surface area contributed by atoms with Crippen LogP contribution < -0.4 is 15.4 Å². The Balaban J connectivity index is 1.83. The number of methoxy groups -OCH3 is 1. The van der Waals surface area contributed by atoms with Gasteiger partial charge in [-0.1, -0.05) is 42.5 Å². The van der Waals surface area contributed by atoms with E-state index in [1.165, 1.54) is 7.11 Å². The van der Waals surface area contributed by atoms with Crippen LogP contribution in [0, 0.1) is 0 Å². The molecule has 0 atom stereocenters. The third kappa shape index (κ3) is 11.2. The van der Waals surface area contributed by atoms with E-state index < -0.39 is 30.4 Å². The number of carbonyl (C=O) groups excluding carboxylic acids is 2. The SMILES string of the molecule is COC(=O)Cc1ccccc1OCc1cc(CNCC(F)(F)F)cc(-c2cccc(CNC(=O)OC(C)(C)C)c2)c1. The van der Waals surface area contributed by atoms with Gasteiger partial charge in [0, 0.05) is 18.7 Å². The molecule has 2 N–H and O–H groups in total. The quantitative estimate of drug-likeness (QED) is 0.262. The molecule has 10 heteroatoms. The van der Waals surface area contributed by atoms with Crippen molar-refractivity contribution in [2.75, 3.05) is 13.7 Å². The molecule has 0 aromatic heterocycles. The standard InChI is InChI=1S/C31H35F3N2O5/c1-30(2,3)41-29(38)36-18-21-8-7-10-24(13-21)26-14-22(17-35-20-31(32,33)34)12-23(15-26)19-40-27-11-6-5-9-25(27)16-28(37)39-4/h5-15,35H,16-20H2,1-4H3,(H,36,38). The lowest BCUT2D eigenvalue weighted by atomic mass is 9.98. The number of benzene rings is 3. The zero-order valence-electron chi connectivity index (χ0n) is 23.6. The van der Waals surface area contributed by atoms with Crippen LogP contribution in [-0.4, -0.2) is 37.5 Å². The largest absolute Gasteiger partial charge is 0.489 e. The highest BCUT2D eigenvalue weighted by atomic mass is 19.4. The van der Waals surface area contributed by atoms with Gasteiger partial charge in [0.25, 0.3) is 0 Å². The van der Waals surface area contributed by atoms with Gasteiger partial charge >= 0.3 is 18.2 Å². The Hall–Kier alpha value is -4.05. The van der Waals surface area contributed by atoms with Crippen LogP contribution in [0.2, 0.25) is 0 Å². The number of halogens is 3. The van der Waals surface area contributed by atoms with E-state index in [-0.39, 0.29) is 26.1 Å². The van der Waals surface area contributed by atoms with E-state index in [0.717, 1.165) is 22.3 Å². The Kier molecular flexibility index (Phi) is 10.8. The predicted octanol–water partition coefficient (Wildman–Crippen LogP) is 6.32. The van der Waals surface area contributed by atoms with Gasteiger partial charge in [-0.3, -0.25) is 4.79 Å². The van der Waals surface area contributed by atoms with E-state index in [1.54, 1.807) is 51.1 Å². The van der Waals surface area contributed by atoms with Crippen molar-refractivity contribution < 1.29 is 37.0 Å². The average molecular weight is 573 g/mol. The Morgan fingerprint density at radius 3 is 2.24 bits per heavy atom. The molecule has 0 saturated heterocycles. The van der Waals surface area contributed by atoms with Crippen LogP contribution in [0.1, 0.15) is 43.0 Å². The smallest absolute Gasteiger partial charge is 0.407 e. The number of carbonyl (C=O) groups is 2. The molecule has 0 heterocycles. The second-order valence-corrected chi connectivity index (χ2v) is 10.5. The molecule has 0 fully saturated rings. The van der Waals surface area contributed by atoms with Gasteiger partial charge in [-0.15, -0.1) is 0 Å². The van der Waals surface area contributed by atoms with Gasteiger partial charge in [0.2, 0.25) is 0 Å². The molecule has 41 heavy (non-hydrogen) atoms. The second-order valence-electron chi connectivity index (χ2n) is 10.5. The third-order valence-corrected chi connectivity index (χ3v) is 5.73. The molecule has 3 aromatic rings. The molecular formula is C31H35F3N2O5. The molecule has 0 aliphatic heterocycles. The highest BCUT2D eigenvalue weighted by molar-refractivity contribution is 5.73. The minimum atomic E-state index is -4.33. The van der Waals surface area contributed by atoms with Gasteiger partial charge in [0.05, 0.1) is 20.1 Å². The van der Waals surface area contributed by atoms with Crippen molar-refractivity contribution in [3.63, 3.8) is 0 Å². The minimum Gasteiger partial charge on any atom is -0.489 e. The summed E-state index contributed by atoms with van der Waals surface area (Å²) in [6.45, 7) is 4.59. The summed E-state index contributed by atoms with van der Waals surface area (Å²) in [5.74, 6) is 0.109. The number of hydrogen-bond donors (Lipinski definition) is 2. The molecule has 0 saturated carbocycles. The van der Waals surface area contributed by atoms with Gasteiger partial charge in [-0.2, -0.15) is 13.2 Å². The lowest BCUT2D eigenvalue weighted by Crippen LogP contribution is -2.32. The van der Waals surface area contributed by atoms with E-state index in [2.05, 4.69) is 10.6 Å².